The number of benzene rings is 1. The van der Waals surface area contributed by atoms with Crippen LogP contribution in [-0.4, -0.2) is 22.4 Å². The van der Waals surface area contributed by atoms with Crippen molar-refractivity contribution in [2.75, 3.05) is 12.3 Å². The van der Waals surface area contributed by atoms with Gasteiger partial charge < -0.3 is 4.52 Å². The SMILES string of the molecule is C#CCNCc1nc(-c2ccc(SCC)cc2)no1. The lowest BCUT2D eigenvalue weighted by molar-refractivity contribution is 0.370. The standard InChI is InChI=1S/C14H15N3OS/c1-3-9-15-10-13-16-14(17-18-13)11-5-7-12(8-6-11)19-4-2/h1,5-8,15H,4,9-10H2,2H3. The highest BCUT2D eigenvalue weighted by molar-refractivity contribution is 7.99. The number of nitrogens with one attached hydrogen (secondary N) is 1. The van der Waals surface area contributed by atoms with Crippen LogP contribution in [0.5, 0.6) is 0 Å². The van der Waals surface area contributed by atoms with Crippen molar-refractivity contribution in [3.8, 4) is 23.7 Å². The van der Waals surface area contributed by atoms with E-state index in [9.17, 15) is 0 Å². The Morgan fingerprint density at radius 1 is 1.37 bits per heavy atom. The third-order valence-electron chi connectivity index (χ3n) is 2.39. The van der Waals surface area contributed by atoms with Crippen molar-refractivity contribution in [2.45, 2.75) is 18.4 Å². The van der Waals surface area contributed by atoms with Crippen LogP contribution in [0.2, 0.25) is 0 Å². The molecular weight excluding hydrogens is 258 g/mol. The Bertz CT molecular complexity index is 557. The van der Waals surface area contributed by atoms with Crippen molar-refractivity contribution in [2.24, 2.45) is 0 Å². The van der Waals surface area contributed by atoms with Gasteiger partial charge in [0.25, 0.3) is 0 Å². The topological polar surface area (TPSA) is 51.0 Å². The van der Waals surface area contributed by atoms with Crippen molar-refractivity contribution in [1.29, 1.82) is 0 Å². The van der Waals surface area contributed by atoms with Crippen molar-refractivity contribution in [3.05, 3.63) is 30.2 Å². The first kappa shape index (κ1) is 13.7. The average Bonchev–Trinajstić information content (AvgIpc) is 2.89. The highest BCUT2D eigenvalue weighted by Gasteiger charge is 2.07. The smallest absolute Gasteiger partial charge is 0.240 e. The van der Waals surface area contributed by atoms with E-state index in [4.69, 9.17) is 10.9 Å². The molecule has 0 saturated heterocycles. The van der Waals surface area contributed by atoms with Crippen LogP contribution in [0, 0.1) is 12.3 Å². The Morgan fingerprint density at radius 2 is 2.16 bits per heavy atom. The number of rotatable bonds is 6. The van der Waals surface area contributed by atoms with Crippen LogP contribution >= 0.6 is 11.8 Å². The number of thioether (sulfide) groups is 1. The van der Waals surface area contributed by atoms with E-state index in [1.165, 1.54) is 4.90 Å². The summed E-state index contributed by atoms with van der Waals surface area (Å²) >= 11 is 1.80. The average molecular weight is 273 g/mol. The van der Waals surface area contributed by atoms with E-state index < -0.39 is 0 Å². The molecule has 0 aliphatic rings. The van der Waals surface area contributed by atoms with Gasteiger partial charge in [0.2, 0.25) is 11.7 Å². The minimum Gasteiger partial charge on any atom is -0.338 e. The van der Waals surface area contributed by atoms with Gasteiger partial charge in [-0.05, 0) is 30.0 Å². The van der Waals surface area contributed by atoms with E-state index in [1.807, 2.05) is 12.1 Å². The summed E-state index contributed by atoms with van der Waals surface area (Å²) in [6.07, 6.45) is 5.15. The Balaban J connectivity index is 2.03. The number of nitrogens with zero attached hydrogens (tertiary/aromatic N) is 2. The van der Waals surface area contributed by atoms with Gasteiger partial charge in [-0.3, -0.25) is 5.32 Å². The summed E-state index contributed by atoms with van der Waals surface area (Å²) in [6.45, 7) is 3.11. The largest absolute Gasteiger partial charge is 0.338 e. The molecule has 0 aliphatic carbocycles. The summed E-state index contributed by atoms with van der Waals surface area (Å²) in [5.74, 6) is 4.69. The summed E-state index contributed by atoms with van der Waals surface area (Å²) < 4.78 is 5.15. The van der Waals surface area contributed by atoms with E-state index in [-0.39, 0.29) is 0 Å². The van der Waals surface area contributed by atoms with Gasteiger partial charge in [0, 0.05) is 10.5 Å². The molecule has 2 aromatic rings. The molecule has 0 saturated carbocycles. The van der Waals surface area contributed by atoms with Crippen molar-refractivity contribution < 1.29 is 4.52 Å². The van der Waals surface area contributed by atoms with Crippen LogP contribution < -0.4 is 5.32 Å². The molecule has 1 heterocycles. The molecule has 1 aromatic carbocycles. The molecule has 0 radical (unpaired) electrons. The summed E-state index contributed by atoms with van der Waals surface area (Å²) in [7, 11) is 0. The lowest BCUT2D eigenvalue weighted by Gasteiger charge is -1.98. The molecule has 0 unspecified atom stereocenters. The van der Waals surface area contributed by atoms with Gasteiger partial charge in [0.15, 0.2) is 0 Å². The fraction of sp³-hybridized carbons (Fsp3) is 0.286. The van der Waals surface area contributed by atoms with E-state index in [0.717, 1.165) is 11.3 Å². The first-order chi connectivity index (χ1) is 9.33. The Labute approximate surface area is 117 Å². The second-order valence-electron chi connectivity index (χ2n) is 3.78. The van der Waals surface area contributed by atoms with Gasteiger partial charge in [0.05, 0.1) is 13.1 Å². The zero-order chi connectivity index (χ0) is 13.5. The maximum Gasteiger partial charge on any atom is 0.240 e. The number of terminal acetylenes is 1. The minimum absolute atomic E-state index is 0.487. The molecule has 4 nitrogen and oxygen atoms in total. The van der Waals surface area contributed by atoms with E-state index in [0.29, 0.717) is 24.8 Å². The second kappa shape index (κ2) is 6.98. The van der Waals surface area contributed by atoms with Crippen molar-refractivity contribution in [1.82, 2.24) is 15.5 Å². The number of hydrogen-bond donors (Lipinski definition) is 1. The second-order valence-corrected chi connectivity index (χ2v) is 5.11. The molecule has 0 bridgehead atoms. The monoisotopic (exact) mass is 273 g/mol. The molecule has 0 fully saturated rings. The third-order valence-corrected chi connectivity index (χ3v) is 3.29. The van der Waals surface area contributed by atoms with Crippen LogP contribution in [0.25, 0.3) is 11.4 Å². The van der Waals surface area contributed by atoms with Gasteiger partial charge >= 0.3 is 0 Å². The molecule has 0 aliphatic heterocycles. The fourth-order valence-corrected chi connectivity index (χ4v) is 2.21. The number of hydrogen-bond acceptors (Lipinski definition) is 5. The number of aromatic nitrogens is 2. The minimum atomic E-state index is 0.487. The van der Waals surface area contributed by atoms with Gasteiger partial charge in [-0.2, -0.15) is 4.98 Å². The van der Waals surface area contributed by atoms with E-state index >= 15 is 0 Å². The van der Waals surface area contributed by atoms with Crippen LogP contribution in [0.3, 0.4) is 0 Å². The highest BCUT2D eigenvalue weighted by Crippen LogP contribution is 2.22. The predicted molar refractivity (Wildman–Crippen MR) is 76.7 cm³/mol. The van der Waals surface area contributed by atoms with Crippen LogP contribution in [-0.2, 0) is 6.54 Å². The maximum atomic E-state index is 5.15. The molecule has 2 rings (SSSR count). The Hall–Kier alpha value is -1.77. The van der Waals surface area contributed by atoms with Gasteiger partial charge in [0.1, 0.15) is 0 Å². The fourth-order valence-electron chi connectivity index (χ4n) is 1.55. The highest BCUT2D eigenvalue weighted by atomic mass is 32.2. The molecule has 5 heteroatoms. The first-order valence-corrected chi connectivity index (χ1v) is 7.02. The van der Waals surface area contributed by atoms with Crippen LogP contribution in [0.15, 0.2) is 33.7 Å². The summed E-state index contributed by atoms with van der Waals surface area (Å²) in [5, 5.41) is 6.96. The molecular formula is C14H15N3OS. The summed E-state index contributed by atoms with van der Waals surface area (Å²) in [4.78, 5) is 5.55. The van der Waals surface area contributed by atoms with Gasteiger partial charge in [-0.25, -0.2) is 0 Å². The zero-order valence-electron chi connectivity index (χ0n) is 10.7. The molecule has 19 heavy (non-hydrogen) atoms. The van der Waals surface area contributed by atoms with Gasteiger partial charge in [-0.15, -0.1) is 18.2 Å². The van der Waals surface area contributed by atoms with Crippen LogP contribution in [0.4, 0.5) is 0 Å². The zero-order valence-corrected chi connectivity index (χ0v) is 11.5. The predicted octanol–water partition coefficient (Wildman–Crippen LogP) is 2.57. The Morgan fingerprint density at radius 3 is 2.84 bits per heavy atom. The van der Waals surface area contributed by atoms with Crippen LogP contribution in [0.1, 0.15) is 12.8 Å². The lowest BCUT2D eigenvalue weighted by Crippen LogP contribution is -2.13. The normalized spacial score (nSPS) is 10.3. The third kappa shape index (κ3) is 3.85. The molecule has 0 atom stereocenters. The van der Waals surface area contributed by atoms with Crippen molar-refractivity contribution >= 4 is 11.8 Å². The molecule has 98 valence electrons. The summed E-state index contributed by atoms with van der Waals surface area (Å²) in [5.41, 5.74) is 0.951. The van der Waals surface area contributed by atoms with E-state index in [1.54, 1.807) is 11.8 Å². The maximum absolute atomic E-state index is 5.15. The first-order valence-electron chi connectivity index (χ1n) is 6.03. The molecule has 1 N–H and O–H groups in total. The quantitative estimate of drug-likeness (QED) is 0.498. The van der Waals surface area contributed by atoms with Crippen molar-refractivity contribution in [3.63, 3.8) is 0 Å². The Kier molecular flexibility index (Phi) is 5.01. The van der Waals surface area contributed by atoms with E-state index in [2.05, 4.69) is 40.4 Å². The molecule has 0 spiro atoms. The molecule has 0 amide bonds. The lowest BCUT2D eigenvalue weighted by atomic mass is 10.2. The van der Waals surface area contributed by atoms with Gasteiger partial charge in [-0.1, -0.05) is 18.0 Å². The molecule has 1 aromatic heterocycles. The summed E-state index contributed by atoms with van der Waals surface area (Å²) in [6, 6.07) is 8.13.